The van der Waals surface area contributed by atoms with Gasteiger partial charge in [-0.1, -0.05) is 80.4 Å². The molecule has 0 aliphatic heterocycles. The minimum Gasteiger partial charge on any atom is -0.369 e. The van der Waals surface area contributed by atoms with Crippen LogP contribution in [0.1, 0.15) is 12.0 Å². The van der Waals surface area contributed by atoms with E-state index in [1.54, 1.807) is 12.1 Å². The predicted molar refractivity (Wildman–Crippen MR) is 103 cm³/mol. The van der Waals surface area contributed by atoms with Gasteiger partial charge in [0.15, 0.2) is 0 Å². The largest absolute Gasteiger partial charge is 0.369 e. The second-order valence-electron chi connectivity index (χ2n) is 4.33. The minimum atomic E-state index is -0.686. The molecule has 0 aliphatic rings. The van der Waals surface area contributed by atoms with E-state index < -0.39 is 11.8 Å². The van der Waals surface area contributed by atoms with Crippen LogP contribution in [0.25, 0.3) is 6.08 Å². The SMILES string of the molecule is C=C(CC(N)=O)C(N)=O.C=CC#N.C=CC=CC=Cc1ccccc1. The number of hydrogen-bond donors (Lipinski definition) is 2. The molecule has 0 unspecified atom stereocenters. The summed E-state index contributed by atoms with van der Waals surface area (Å²) in [5.74, 6) is -1.28. The molecule has 0 atom stereocenters. The van der Waals surface area contributed by atoms with E-state index in [1.165, 1.54) is 11.6 Å². The quantitative estimate of drug-likeness (QED) is 0.473. The molecule has 0 bridgehead atoms. The third kappa shape index (κ3) is 18.3. The number of rotatable bonds is 6. The Morgan fingerprint density at radius 3 is 2.00 bits per heavy atom. The van der Waals surface area contributed by atoms with Crippen LogP contribution >= 0.6 is 0 Å². The highest BCUT2D eigenvalue weighted by Crippen LogP contribution is 2.00. The first-order chi connectivity index (χ1) is 11.9. The van der Waals surface area contributed by atoms with Crippen LogP contribution in [-0.4, -0.2) is 11.8 Å². The van der Waals surface area contributed by atoms with Crippen molar-refractivity contribution in [3.8, 4) is 6.07 Å². The molecule has 0 aliphatic carbocycles. The average molecular weight is 337 g/mol. The van der Waals surface area contributed by atoms with Gasteiger partial charge in [0.2, 0.25) is 11.8 Å². The molecule has 4 N–H and O–H groups in total. The highest BCUT2D eigenvalue weighted by atomic mass is 16.2. The lowest BCUT2D eigenvalue weighted by Crippen LogP contribution is -2.19. The van der Waals surface area contributed by atoms with E-state index in [9.17, 15) is 9.59 Å². The number of primary amides is 2. The van der Waals surface area contributed by atoms with Crippen molar-refractivity contribution >= 4 is 17.9 Å². The molecule has 1 aromatic carbocycles. The Balaban J connectivity index is 0. The minimum absolute atomic E-state index is 0.0440. The summed E-state index contributed by atoms with van der Waals surface area (Å²) in [6.07, 6.45) is 10.7. The number of allylic oxidation sites excluding steroid dienone is 5. The molecule has 0 heterocycles. The number of nitrogens with two attached hydrogens (primary N) is 2. The Kier molecular flexibility index (Phi) is 15.8. The number of benzene rings is 1. The first-order valence-electron chi connectivity index (χ1n) is 7.16. The van der Waals surface area contributed by atoms with Gasteiger partial charge >= 0.3 is 0 Å². The maximum absolute atomic E-state index is 10.1. The van der Waals surface area contributed by atoms with Crippen LogP contribution in [0.2, 0.25) is 0 Å². The fourth-order valence-corrected chi connectivity index (χ4v) is 1.17. The van der Waals surface area contributed by atoms with Crippen molar-refractivity contribution in [2.75, 3.05) is 0 Å². The number of carbonyl (C=O) groups excluding carboxylic acids is 2. The summed E-state index contributed by atoms with van der Waals surface area (Å²) < 4.78 is 0. The Morgan fingerprint density at radius 1 is 1.08 bits per heavy atom. The molecule has 2 amide bonds. The lowest BCUT2D eigenvalue weighted by atomic mass is 10.2. The molecule has 130 valence electrons. The Hall–Kier alpha value is -3.65. The zero-order chi connectivity index (χ0) is 19.5. The maximum Gasteiger partial charge on any atom is 0.244 e. The van der Waals surface area contributed by atoms with Crippen LogP contribution in [0.3, 0.4) is 0 Å². The highest BCUT2D eigenvalue weighted by molar-refractivity contribution is 5.96. The number of nitrogens with zero attached hydrogens (tertiary/aromatic N) is 1. The molecular formula is C20H23N3O2. The fourth-order valence-electron chi connectivity index (χ4n) is 1.17. The third-order valence-corrected chi connectivity index (χ3v) is 2.27. The molecule has 5 heteroatoms. The first kappa shape index (κ1) is 23.6. The zero-order valence-electron chi connectivity index (χ0n) is 14.1. The van der Waals surface area contributed by atoms with Gasteiger partial charge in [-0.25, -0.2) is 0 Å². The summed E-state index contributed by atoms with van der Waals surface area (Å²) in [6, 6.07) is 11.9. The maximum atomic E-state index is 10.1. The lowest BCUT2D eigenvalue weighted by molar-refractivity contribution is -0.120. The van der Waals surface area contributed by atoms with Gasteiger partial charge < -0.3 is 11.5 Å². The van der Waals surface area contributed by atoms with Gasteiger partial charge in [-0.15, -0.1) is 0 Å². The van der Waals surface area contributed by atoms with Crippen LogP contribution in [0.15, 0.2) is 86.0 Å². The van der Waals surface area contributed by atoms with Gasteiger partial charge in [-0.05, 0) is 5.56 Å². The van der Waals surface area contributed by atoms with Crippen molar-refractivity contribution in [2.45, 2.75) is 6.42 Å². The standard InChI is InChI=1S/C12H12.C5H8N2O2.C3H3N/c1-2-3-4-6-9-12-10-7-5-8-11-12;1-3(5(7)9)2-4(6)8;1-2-3-4/h2-11H,1H2;1-2H2,(H2,6,8)(H2,7,9);2H,1H2. The van der Waals surface area contributed by atoms with Gasteiger partial charge in [-0.3, -0.25) is 9.59 Å². The van der Waals surface area contributed by atoms with Crippen LogP contribution in [0, 0.1) is 11.3 Å². The summed E-state index contributed by atoms with van der Waals surface area (Å²) in [5.41, 5.74) is 10.7. The molecule has 1 rings (SSSR count). The van der Waals surface area contributed by atoms with Crippen molar-refractivity contribution in [3.05, 3.63) is 91.6 Å². The Morgan fingerprint density at radius 2 is 1.64 bits per heavy atom. The Bertz CT molecular complexity index is 666. The molecule has 0 radical (unpaired) electrons. The number of nitriles is 1. The van der Waals surface area contributed by atoms with Crippen molar-refractivity contribution < 1.29 is 9.59 Å². The van der Waals surface area contributed by atoms with Gasteiger partial charge in [0.05, 0.1) is 12.5 Å². The second kappa shape index (κ2) is 16.7. The monoisotopic (exact) mass is 337 g/mol. The summed E-state index contributed by atoms with van der Waals surface area (Å²) in [6.45, 7) is 9.92. The normalized spacial score (nSPS) is 8.92. The Labute approximate surface area is 148 Å². The van der Waals surface area contributed by atoms with Crippen LogP contribution in [0.4, 0.5) is 0 Å². The van der Waals surface area contributed by atoms with E-state index >= 15 is 0 Å². The van der Waals surface area contributed by atoms with Crippen LogP contribution < -0.4 is 11.5 Å². The topological polar surface area (TPSA) is 110 Å². The average Bonchev–Trinajstić information content (AvgIpc) is 2.60. The van der Waals surface area contributed by atoms with E-state index in [0.717, 1.165) is 0 Å². The summed E-state index contributed by atoms with van der Waals surface area (Å²) >= 11 is 0. The fraction of sp³-hybridized carbons (Fsp3) is 0.0500. The molecule has 1 aromatic rings. The number of amides is 2. The molecule has 0 saturated carbocycles. The van der Waals surface area contributed by atoms with Crippen molar-refractivity contribution in [3.63, 3.8) is 0 Å². The number of hydrogen-bond acceptors (Lipinski definition) is 3. The van der Waals surface area contributed by atoms with Crippen LogP contribution in [-0.2, 0) is 9.59 Å². The van der Waals surface area contributed by atoms with Gasteiger partial charge in [0.25, 0.3) is 0 Å². The molecule has 0 fully saturated rings. The molecule has 0 aromatic heterocycles. The highest BCUT2D eigenvalue weighted by Gasteiger charge is 2.03. The predicted octanol–water partition coefficient (Wildman–Crippen LogP) is 3.04. The van der Waals surface area contributed by atoms with E-state index in [0.29, 0.717) is 0 Å². The van der Waals surface area contributed by atoms with E-state index in [1.807, 2.05) is 36.4 Å². The van der Waals surface area contributed by atoms with Gasteiger partial charge in [0, 0.05) is 11.6 Å². The zero-order valence-corrected chi connectivity index (χ0v) is 14.1. The smallest absolute Gasteiger partial charge is 0.244 e. The molecule has 0 spiro atoms. The van der Waals surface area contributed by atoms with Gasteiger partial charge in [-0.2, -0.15) is 5.26 Å². The third-order valence-electron chi connectivity index (χ3n) is 2.27. The molecule has 25 heavy (non-hydrogen) atoms. The molecular weight excluding hydrogens is 314 g/mol. The van der Waals surface area contributed by atoms with Crippen LogP contribution in [0.5, 0.6) is 0 Å². The van der Waals surface area contributed by atoms with Gasteiger partial charge in [0.1, 0.15) is 0 Å². The summed E-state index contributed by atoms with van der Waals surface area (Å²) in [7, 11) is 0. The first-order valence-corrected chi connectivity index (χ1v) is 7.16. The lowest BCUT2D eigenvalue weighted by Gasteiger charge is -1.93. The second-order valence-corrected chi connectivity index (χ2v) is 4.33. The summed E-state index contributed by atoms with van der Waals surface area (Å²) in [5, 5.41) is 7.51. The number of carbonyl (C=O) groups is 2. The molecule has 0 saturated heterocycles. The van der Waals surface area contributed by atoms with Crippen molar-refractivity contribution in [1.29, 1.82) is 5.26 Å². The van der Waals surface area contributed by atoms with Crippen molar-refractivity contribution in [2.24, 2.45) is 11.5 Å². The van der Waals surface area contributed by atoms with E-state index in [4.69, 9.17) is 16.7 Å². The van der Waals surface area contributed by atoms with Crippen molar-refractivity contribution in [1.82, 2.24) is 0 Å². The molecule has 5 nitrogen and oxygen atoms in total. The summed E-state index contributed by atoms with van der Waals surface area (Å²) in [4.78, 5) is 20.2. The van der Waals surface area contributed by atoms with E-state index in [2.05, 4.69) is 37.9 Å². The van der Waals surface area contributed by atoms with E-state index in [-0.39, 0.29) is 12.0 Å².